The topological polar surface area (TPSA) is 44.5 Å². The molecule has 0 fully saturated rings. The Balaban J connectivity index is 1.91. The van der Waals surface area contributed by atoms with E-state index in [2.05, 4.69) is 6.92 Å². The molecule has 0 bridgehead atoms. The van der Waals surface area contributed by atoms with Crippen molar-refractivity contribution in [3.63, 3.8) is 0 Å². The van der Waals surface area contributed by atoms with Crippen LogP contribution in [0.4, 0.5) is 0 Å². The molecule has 0 aromatic heterocycles. The van der Waals surface area contributed by atoms with Crippen molar-refractivity contribution in [3.05, 3.63) is 60.2 Å². The van der Waals surface area contributed by atoms with Gasteiger partial charge in [-0.3, -0.25) is 5.73 Å². The number of hydrogen-bond acceptors (Lipinski definition) is 3. The van der Waals surface area contributed by atoms with Crippen LogP contribution in [-0.4, -0.2) is 6.23 Å². The number of benzene rings is 2. The summed E-state index contributed by atoms with van der Waals surface area (Å²) in [6.45, 7) is 2.70. The second kappa shape index (κ2) is 9.11. The van der Waals surface area contributed by atoms with Crippen LogP contribution in [0.25, 0.3) is 0 Å². The first-order valence-electron chi connectivity index (χ1n) is 7.97. The zero-order valence-electron chi connectivity index (χ0n) is 13.2. The van der Waals surface area contributed by atoms with E-state index in [0.717, 1.165) is 24.2 Å². The largest absolute Gasteiger partial charge is 0.485 e. The van der Waals surface area contributed by atoms with Gasteiger partial charge < -0.3 is 9.47 Å². The Morgan fingerprint density at radius 1 is 0.909 bits per heavy atom. The molecule has 2 aromatic rings. The van der Waals surface area contributed by atoms with E-state index in [0.29, 0.717) is 12.4 Å². The second-order valence-electron chi connectivity index (χ2n) is 5.37. The number of nitrogens with two attached hydrogens (primary N) is 1. The van der Waals surface area contributed by atoms with Gasteiger partial charge in [0.05, 0.1) is 0 Å². The van der Waals surface area contributed by atoms with E-state index < -0.39 is 0 Å². The van der Waals surface area contributed by atoms with Gasteiger partial charge >= 0.3 is 0 Å². The van der Waals surface area contributed by atoms with Crippen molar-refractivity contribution in [2.45, 2.75) is 45.4 Å². The van der Waals surface area contributed by atoms with Gasteiger partial charge in [-0.15, -0.1) is 0 Å². The Morgan fingerprint density at radius 2 is 1.59 bits per heavy atom. The molecule has 2 N–H and O–H groups in total. The van der Waals surface area contributed by atoms with Gasteiger partial charge in [0.2, 0.25) is 0 Å². The third-order valence-corrected chi connectivity index (χ3v) is 3.46. The van der Waals surface area contributed by atoms with Crippen molar-refractivity contribution >= 4 is 0 Å². The Morgan fingerprint density at radius 3 is 2.32 bits per heavy atom. The monoisotopic (exact) mass is 299 g/mol. The number of para-hydroxylation sites is 2. The summed E-state index contributed by atoms with van der Waals surface area (Å²) in [7, 11) is 0. The lowest BCUT2D eigenvalue weighted by Gasteiger charge is -2.17. The maximum absolute atomic E-state index is 6.04. The minimum Gasteiger partial charge on any atom is -0.485 e. The van der Waals surface area contributed by atoms with Crippen LogP contribution in [0, 0.1) is 0 Å². The van der Waals surface area contributed by atoms with Crippen molar-refractivity contribution < 1.29 is 9.47 Å². The molecule has 118 valence electrons. The zero-order chi connectivity index (χ0) is 15.6. The molecular formula is C19H25NO2. The first kappa shape index (κ1) is 16.4. The number of rotatable bonds is 9. The summed E-state index contributed by atoms with van der Waals surface area (Å²) in [5.41, 5.74) is 7.17. The summed E-state index contributed by atoms with van der Waals surface area (Å²) in [5, 5.41) is 0. The van der Waals surface area contributed by atoms with Gasteiger partial charge in [-0.05, 0) is 30.5 Å². The molecule has 0 aliphatic carbocycles. The van der Waals surface area contributed by atoms with E-state index in [-0.39, 0.29) is 6.23 Å². The minimum absolute atomic E-state index is 0.284. The van der Waals surface area contributed by atoms with Crippen LogP contribution in [-0.2, 0) is 6.61 Å². The standard InChI is InChI=1S/C19H25NO2/c1-2-3-5-14-19(20)22-18-13-9-8-12-17(18)21-15-16-10-6-4-7-11-16/h4,6-13,19H,2-3,5,14-15,20H2,1H3. The van der Waals surface area contributed by atoms with E-state index in [4.69, 9.17) is 15.2 Å². The quantitative estimate of drug-likeness (QED) is 0.547. The third-order valence-electron chi connectivity index (χ3n) is 3.46. The highest BCUT2D eigenvalue weighted by Crippen LogP contribution is 2.28. The fourth-order valence-electron chi connectivity index (χ4n) is 2.22. The van der Waals surface area contributed by atoms with E-state index >= 15 is 0 Å². The van der Waals surface area contributed by atoms with Crippen LogP contribution in [0.1, 0.15) is 38.2 Å². The maximum atomic E-state index is 6.04. The summed E-state index contributed by atoms with van der Waals surface area (Å²) >= 11 is 0. The Labute approximate surface area is 133 Å². The number of unbranched alkanes of at least 4 members (excludes halogenated alkanes) is 2. The Kier molecular flexibility index (Phi) is 6.78. The average Bonchev–Trinajstić information content (AvgIpc) is 2.55. The van der Waals surface area contributed by atoms with Gasteiger partial charge in [0, 0.05) is 0 Å². The van der Waals surface area contributed by atoms with E-state index in [1.807, 2.05) is 54.6 Å². The predicted molar refractivity (Wildman–Crippen MR) is 90.0 cm³/mol. The van der Waals surface area contributed by atoms with Gasteiger partial charge in [0.15, 0.2) is 11.5 Å². The van der Waals surface area contributed by atoms with Crippen molar-refractivity contribution in [3.8, 4) is 11.5 Å². The molecule has 0 aliphatic rings. The minimum atomic E-state index is -0.284. The van der Waals surface area contributed by atoms with Crippen molar-refractivity contribution in [2.75, 3.05) is 0 Å². The Bertz CT molecular complexity index is 542. The smallest absolute Gasteiger partial charge is 0.163 e. The molecule has 0 saturated heterocycles. The van der Waals surface area contributed by atoms with Crippen molar-refractivity contribution in [2.24, 2.45) is 5.73 Å². The molecule has 22 heavy (non-hydrogen) atoms. The fraction of sp³-hybridized carbons (Fsp3) is 0.368. The van der Waals surface area contributed by atoms with Crippen LogP contribution >= 0.6 is 0 Å². The molecule has 0 radical (unpaired) electrons. The average molecular weight is 299 g/mol. The highest BCUT2D eigenvalue weighted by Gasteiger charge is 2.09. The van der Waals surface area contributed by atoms with Gasteiger partial charge in [0.25, 0.3) is 0 Å². The lowest BCUT2D eigenvalue weighted by atomic mass is 10.2. The molecule has 0 amide bonds. The summed E-state index contributed by atoms with van der Waals surface area (Å²) in [5.74, 6) is 1.44. The lowest BCUT2D eigenvalue weighted by Crippen LogP contribution is -2.27. The van der Waals surface area contributed by atoms with Crippen LogP contribution in [0.2, 0.25) is 0 Å². The van der Waals surface area contributed by atoms with Crippen molar-refractivity contribution in [1.29, 1.82) is 0 Å². The van der Waals surface area contributed by atoms with Crippen LogP contribution < -0.4 is 15.2 Å². The lowest BCUT2D eigenvalue weighted by molar-refractivity contribution is 0.181. The summed E-state index contributed by atoms with van der Waals surface area (Å²) < 4.78 is 11.7. The molecular weight excluding hydrogens is 274 g/mol. The summed E-state index contributed by atoms with van der Waals surface area (Å²) in [6.07, 6.45) is 4.03. The second-order valence-corrected chi connectivity index (χ2v) is 5.37. The Hall–Kier alpha value is -2.00. The van der Waals surface area contributed by atoms with Crippen LogP contribution in [0.5, 0.6) is 11.5 Å². The maximum Gasteiger partial charge on any atom is 0.163 e. The van der Waals surface area contributed by atoms with E-state index in [1.165, 1.54) is 12.8 Å². The molecule has 1 unspecified atom stereocenters. The molecule has 0 spiro atoms. The number of hydrogen-bond donors (Lipinski definition) is 1. The SMILES string of the molecule is CCCCCC(N)Oc1ccccc1OCc1ccccc1. The highest BCUT2D eigenvalue weighted by atomic mass is 16.5. The summed E-state index contributed by atoms with van der Waals surface area (Å²) in [6, 6.07) is 17.8. The van der Waals surface area contributed by atoms with Gasteiger partial charge in [-0.25, -0.2) is 0 Å². The van der Waals surface area contributed by atoms with Crippen LogP contribution in [0.15, 0.2) is 54.6 Å². The summed E-state index contributed by atoms with van der Waals surface area (Å²) in [4.78, 5) is 0. The first-order chi connectivity index (χ1) is 10.8. The molecule has 2 aromatic carbocycles. The molecule has 2 rings (SSSR count). The zero-order valence-corrected chi connectivity index (χ0v) is 13.2. The molecule has 1 atom stereocenters. The van der Waals surface area contributed by atoms with E-state index in [9.17, 15) is 0 Å². The highest BCUT2D eigenvalue weighted by molar-refractivity contribution is 5.39. The normalized spacial score (nSPS) is 11.9. The fourth-order valence-corrected chi connectivity index (χ4v) is 2.22. The van der Waals surface area contributed by atoms with Crippen LogP contribution in [0.3, 0.4) is 0 Å². The first-order valence-corrected chi connectivity index (χ1v) is 7.97. The molecule has 0 heterocycles. The predicted octanol–water partition coefficient (Wildman–Crippen LogP) is 4.51. The molecule has 3 heteroatoms. The molecule has 0 saturated carbocycles. The molecule has 0 aliphatic heterocycles. The van der Waals surface area contributed by atoms with Gasteiger partial charge in [-0.2, -0.15) is 0 Å². The van der Waals surface area contributed by atoms with Crippen molar-refractivity contribution in [1.82, 2.24) is 0 Å². The molecule has 3 nitrogen and oxygen atoms in total. The van der Waals surface area contributed by atoms with Gasteiger partial charge in [0.1, 0.15) is 12.8 Å². The van der Waals surface area contributed by atoms with Gasteiger partial charge in [-0.1, -0.05) is 62.2 Å². The van der Waals surface area contributed by atoms with E-state index in [1.54, 1.807) is 0 Å². The third kappa shape index (κ3) is 5.41. The number of ether oxygens (including phenoxy) is 2.